The number of ketones is 1. The van der Waals surface area contributed by atoms with E-state index in [1.807, 2.05) is 47.4 Å². The van der Waals surface area contributed by atoms with Gasteiger partial charge in [-0.25, -0.2) is 0 Å². The molecule has 2 heterocycles. The number of para-hydroxylation sites is 1. The van der Waals surface area contributed by atoms with Gasteiger partial charge in [-0.05, 0) is 91.6 Å². The van der Waals surface area contributed by atoms with Gasteiger partial charge < -0.3 is 29.7 Å². The molecule has 0 aromatic heterocycles. The predicted molar refractivity (Wildman–Crippen MR) is 201 cm³/mol. The topological polar surface area (TPSA) is 140 Å². The molecule has 0 saturated heterocycles. The zero-order valence-electron chi connectivity index (χ0n) is 30.1. The maximum absolute atomic E-state index is 13.8. The minimum Gasteiger partial charge on any atom is -0.493 e. The van der Waals surface area contributed by atoms with E-state index in [1.54, 1.807) is 27.0 Å². The zero-order valence-corrected chi connectivity index (χ0v) is 31.7. The summed E-state index contributed by atoms with van der Waals surface area (Å²) in [5.41, 5.74) is 5.99. The highest BCUT2D eigenvalue weighted by atomic mass is 79.9. The van der Waals surface area contributed by atoms with Crippen molar-refractivity contribution >= 4 is 56.8 Å². The summed E-state index contributed by atoms with van der Waals surface area (Å²) in [5, 5.41) is 6.16. The van der Waals surface area contributed by atoms with Gasteiger partial charge in [-0.3, -0.25) is 24.0 Å². The lowest BCUT2D eigenvalue weighted by atomic mass is 9.99. The van der Waals surface area contributed by atoms with Gasteiger partial charge in [0.2, 0.25) is 11.8 Å². The first-order chi connectivity index (χ1) is 25.0. The highest BCUT2D eigenvalue weighted by Crippen LogP contribution is 2.40. The van der Waals surface area contributed by atoms with Crippen LogP contribution in [0.5, 0.6) is 11.5 Å². The highest BCUT2D eigenvalue weighted by Gasteiger charge is 2.37. The Morgan fingerprint density at radius 2 is 1.69 bits per heavy atom. The van der Waals surface area contributed by atoms with E-state index in [-0.39, 0.29) is 61.4 Å². The van der Waals surface area contributed by atoms with Crippen LogP contribution in [0.1, 0.15) is 85.0 Å². The van der Waals surface area contributed by atoms with Gasteiger partial charge in [-0.1, -0.05) is 47.1 Å². The molecule has 0 fully saturated rings. The van der Waals surface area contributed by atoms with E-state index in [2.05, 4.69) is 37.4 Å². The van der Waals surface area contributed by atoms with Crippen molar-refractivity contribution in [1.82, 2.24) is 5.32 Å². The summed E-state index contributed by atoms with van der Waals surface area (Å²) in [7, 11) is 2.87. The lowest BCUT2D eigenvalue weighted by Crippen LogP contribution is -2.39. The quantitative estimate of drug-likeness (QED) is 0.0961. The van der Waals surface area contributed by atoms with Crippen LogP contribution in [0, 0.1) is 5.92 Å². The standard InChI is InChI=1S/C40H46BrN3O8/c1-24(15-34(45)25(2)42-37(46)11-7-8-12-38(47)51-4)39(48)43-30-17-26(22-41)16-27(18-30)23-52-36-20-28-13-14-31-19-29-9-5-6-10-33(29)44(31)40(49)32(28)21-35(36)50-3/h5-6,9-10,16-18,20-21,24-25,31H,7-8,11-15,19,22-23H2,1-4H3,(H,42,46)(H,43,48)/t24-,25+,31-/m1/s1. The van der Waals surface area contributed by atoms with E-state index in [9.17, 15) is 24.0 Å². The summed E-state index contributed by atoms with van der Waals surface area (Å²) in [6.45, 7) is 3.46. The smallest absolute Gasteiger partial charge is 0.305 e. The number of rotatable bonds is 16. The van der Waals surface area contributed by atoms with Crippen molar-refractivity contribution in [3.05, 3.63) is 82.4 Å². The van der Waals surface area contributed by atoms with E-state index in [0.717, 1.165) is 41.6 Å². The number of esters is 1. The lowest BCUT2D eigenvalue weighted by Gasteiger charge is -2.23. The average Bonchev–Trinajstić information content (AvgIpc) is 3.46. The number of alkyl halides is 1. The van der Waals surface area contributed by atoms with Crippen molar-refractivity contribution in [2.24, 2.45) is 5.92 Å². The molecule has 0 saturated carbocycles. The van der Waals surface area contributed by atoms with Crippen molar-refractivity contribution < 1.29 is 38.2 Å². The normalized spacial score (nSPS) is 15.7. The van der Waals surface area contributed by atoms with Gasteiger partial charge in [0.15, 0.2) is 17.3 Å². The molecule has 276 valence electrons. The number of hydrogen-bond donors (Lipinski definition) is 2. The summed E-state index contributed by atoms with van der Waals surface area (Å²) in [5.74, 6) is -0.872. The molecular weight excluding hydrogens is 730 g/mol. The summed E-state index contributed by atoms with van der Waals surface area (Å²) in [4.78, 5) is 65.3. The second-order valence-electron chi connectivity index (χ2n) is 13.5. The Labute approximate surface area is 312 Å². The molecule has 3 atom stereocenters. The fourth-order valence-electron chi connectivity index (χ4n) is 6.74. The summed E-state index contributed by atoms with van der Waals surface area (Å²) < 4.78 is 16.6. The van der Waals surface area contributed by atoms with E-state index in [1.165, 1.54) is 12.7 Å². The van der Waals surface area contributed by atoms with Crippen LogP contribution >= 0.6 is 15.9 Å². The Morgan fingerprint density at radius 3 is 2.44 bits per heavy atom. The maximum Gasteiger partial charge on any atom is 0.305 e. The minimum atomic E-state index is -0.749. The van der Waals surface area contributed by atoms with Gasteiger partial charge in [0.05, 0.1) is 20.3 Å². The van der Waals surface area contributed by atoms with Crippen LogP contribution in [0.15, 0.2) is 54.6 Å². The number of hydrogen-bond acceptors (Lipinski definition) is 8. The Kier molecular flexibility index (Phi) is 13.1. The number of nitrogens with one attached hydrogen (secondary N) is 2. The first kappa shape index (κ1) is 38.5. The number of fused-ring (bicyclic) bond motifs is 4. The number of anilines is 2. The first-order valence-electron chi connectivity index (χ1n) is 17.6. The van der Waals surface area contributed by atoms with Crippen molar-refractivity contribution in [3.63, 3.8) is 0 Å². The third-order valence-corrected chi connectivity index (χ3v) is 10.3. The number of amides is 3. The van der Waals surface area contributed by atoms with E-state index < -0.39 is 12.0 Å². The number of methoxy groups -OCH3 is 2. The molecule has 2 aliphatic heterocycles. The van der Waals surface area contributed by atoms with Crippen LogP contribution in [0.3, 0.4) is 0 Å². The number of carbonyl (C=O) groups is 5. The molecule has 0 spiro atoms. The summed E-state index contributed by atoms with van der Waals surface area (Å²) in [6, 6.07) is 16.8. The molecule has 52 heavy (non-hydrogen) atoms. The van der Waals surface area contributed by atoms with Gasteiger partial charge in [0, 0.05) is 53.5 Å². The number of benzene rings is 3. The van der Waals surface area contributed by atoms with E-state index in [4.69, 9.17) is 9.47 Å². The van der Waals surface area contributed by atoms with Crippen LogP contribution in [0.4, 0.5) is 11.4 Å². The fraction of sp³-hybridized carbons (Fsp3) is 0.425. The molecule has 2 N–H and O–H groups in total. The van der Waals surface area contributed by atoms with Crippen LogP contribution in [0.2, 0.25) is 0 Å². The second-order valence-corrected chi connectivity index (χ2v) is 14.0. The fourth-order valence-corrected chi connectivity index (χ4v) is 7.07. The second kappa shape index (κ2) is 17.7. The molecular formula is C40H46BrN3O8. The van der Waals surface area contributed by atoms with Crippen molar-refractivity contribution in [2.75, 3.05) is 24.4 Å². The number of Topliss-reactive ketones (excluding diaryl/α,β-unsaturated/α-hetero) is 1. The maximum atomic E-state index is 13.8. The predicted octanol–water partition coefficient (Wildman–Crippen LogP) is 6.46. The third kappa shape index (κ3) is 9.39. The number of carbonyl (C=O) groups excluding carboxylic acids is 5. The Morgan fingerprint density at radius 1 is 0.942 bits per heavy atom. The Balaban J connectivity index is 1.19. The molecule has 0 bridgehead atoms. The minimum absolute atomic E-state index is 0.0306. The number of aryl methyl sites for hydroxylation is 1. The van der Waals surface area contributed by atoms with Gasteiger partial charge in [0.1, 0.15) is 6.61 Å². The zero-order chi connectivity index (χ0) is 37.4. The molecule has 3 amide bonds. The van der Waals surface area contributed by atoms with Crippen molar-refractivity contribution in [1.29, 1.82) is 0 Å². The monoisotopic (exact) mass is 775 g/mol. The van der Waals surface area contributed by atoms with Crippen LogP contribution in [-0.2, 0) is 48.7 Å². The van der Waals surface area contributed by atoms with Crippen LogP contribution in [-0.4, -0.2) is 55.8 Å². The number of unbranched alkanes of at least 4 members (excludes halogenated alkanes) is 1. The highest BCUT2D eigenvalue weighted by molar-refractivity contribution is 9.08. The molecule has 2 aliphatic rings. The van der Waals surface area contributed by atoms with Crippen LogP contribution in [0.25, 0.3) is 0 Å². The third-order valence-electron chi connectivity index (χ3n) is 9.60. The molecule has 3 aromatic rings. The van der Waals surface area contributed by atoms with Crippen molar-refractivity contribution in [3.8, 4) is 11.5 Å². The van der Waals surface area contributed by atoms with Crippen molar-refractivity contribution in [2.45, 2.75) is 89.2 Å². The molecule has 3 aromatic carbocycles. The Bertz CT molecular complexity index is 1830. The molecule has 5 rings (SSSR count). The van der Waals surface area contributed by atoms with E-state index in [0.29, 0.717) is 40.9 Å². The van der Waals surface area contributed by atoms with E-state index >= 15 is 0 Å². The number of ether oxygens (including phenoxy) is 3. The lowest BCUT2D eigenvalue weighted by molar-refractivity contribution is -0.140. The average molecular weight is 777 g/mol. The van der Waals surface area contributed by atoms with Gasteiger partial charge >= 0.3 is 5.97 Å². The SMILES string of the molecule is COC(=O)CCCCC(=O)N[C@@H](C)C(=O)C[C@@H](C)C(=O)Nc1cc(CBr)cc(COc2cc3c(cc2OC)C(=O)N2c4ccccc4C[C@H]2CC3)c1. The van der Waals surface area contributed by atoms with Gasteiger partial charge in [-0.2, -0.15) is 0 Å². The molecule has 11 nitrogen and oxygen atoms in total. The van der Waals surface area contributed by atoms with Gasteiger partial charge in [-0.15, -0.1) is 0 Å². The largest absolute Gasteiger partial charge is 0.493 e. The molecule has 0 aliphatic carbocycles. The first-order valence-corrected chi connectivity index (χ1v) is 18.8. The number of nitrogens with zero attached hydrogens (tertiary/aromatic N) is 1. The van der Waals surface area contributed by atoms with Gasteiger partial charge in [0.25, 0.3) is 5.91 Å². The molecule has 0 radical (unpaired) electrons. The summed E-state index contributed by atoms with van der Waals surface area (Å²) in [6.07, 6.45) is 3.81. The Hall–Kier alpha value is -4.71. The summed E-state index contributed by atoms with van der Waals surface area (Å²) >= 11 is 3.51. The molecule has 12 heteroatoms. The van der Waals surface area contributed by atoms with Crippen LogP contribution < -0.4 is 25.0 Å². The number of halogens is 1. The molecule has 0 unspecified atom stereocenters.